The Bertz CT molecular complexity index is 1370. The SMILES string of the molecule is CC/C=C\C/C=C\C/C=C\C/C=C\C/C=C\CCCC(CC(=O)NC(CO)C(O)CCCCCCCCCCCCCCCC)OC(=O)CCC/C=C\C/C=C\C/C=C\C/C=C\CCCCC. The monoisotopic (exact) mass is 930 g/mol. The number of aliphatic hydroxyl groups is 2. The Morgan fingerprint density at radius 1 is 0.448 bits per heavy atom. The predicted molar refractivity (Wildman–Crippen MR) is 291 cm³/mol. The number of ether oxygens (including phenoxy) is 1. The van der Waals surface area contributed by atoms with Gasteiger partial charge in [-0.3, -0.25) is 9.59 Å². The molecule has 0 aromatic rings. The van der Waals surface area contributed by atoms with Gasteiger partial charge in [-0.1, -0.05) is 233 Å². The molecule has 67 heavy (non-hydrogen) atoms. The Labute approximate surface area is 413 Å². The largest absolute Gasteiger partial charge is 0.462 e. The van der Waals surface area contributed by atoms with Gasteiger partial charge >= 0.3 is 5.97 Å². The van der Waals surface area contributed by atoms with Gasteiger partial charge in [-0.2, -0.15) is 0 Å². The van der Waals surface area contributed by atoms with E-state index in [0.29, 0.717) is 25.7 Å². The fraction of sp³-hybridized carbons (Fsp3) is 0.672. The van der Waals surface area contributed by atoms with Crippen LogP contribution in [-0.2, 0) is 14.3 Å². The Morgan fingerprint density at radius 3 is 1.25 bits per heavy atom. The molecule has 0 aliphatic rings. The van der Waals surface area contributed by atoms with Crippen molar-refractivity contribution in [3.63, 3.8) is 0 Å². The quantitative estimate of drug-likeness (QED) is 0.0321. The fourth-order valence-corrected chi connectivity index (χ4v) is 7.69. The molecule has 0 rings (SSSR count). The number of esters is 1. The standard InChI is InChI=1S/C61H103NO5/c1-4-7-10-13-16-19-22-25-28-30-32-34-37-40-43-46-49-52-57(67-61(66)54-51-48-45-42-39-36-33-31-29-26-23-20-17-14-11-8-5-2)55-60(65)62-58(56-63)59(64)53-50-47-44-41-38-35-27-24-21-18-15-12-9-6-3/h7,10,16-17,19-20,25-26,28-29,32-34,36,40,42-43,45,57-59,63-64H,4-6,8-9,11-15,18,21-24,27,30-31,35,37-39,41,44,46-56H2,1-3H3,(H,62,65)/b10-7-,19-16-,20-17-,28-25-,29-26-,34-32-,36-33-,43-40-,45-42-. The number of nitrogens with one attached hydrogen (secondary N) is 1. The van der Waals surface area contributed by atoms with Crippen LogP contribution in [0, 0.1) is 0 Å². The minimum absolute atomic E-state index is 0.0106. The molecular weight excluding hydrogens is 827 g/mol. The van der Waals surface area contributed by atoms with Crippen molar-refractivity contribution in [2.75, 3.05) is 6.61 Å². The van der Waals surface area contributed by atoms with E-state index in [2.05, 4.69) is 135 Å². The molecule has 6 nitrogen and oxygen atoms in total. The van der Waals surface area contributed by atoms with Crippen molar-refractivity contribution in [1.82, 2.24) is 5.32 Å². The first-order valence-electron chi connectivity index (χ1n) is 27.6. The summed E-state index contributed by atoms with van der Waals surface area (Å²) >= 11 is 0. The number of amides is 1. The molecule has 0 aromatic heterocycles. The van der Waals surface area contributed by atoms with Crippen LogP contribution in [0.5, 0.6) is 0 Å². The van der Waals surface area contributed by atoms with Gasteiger partial charge in [0.2, 0.25) is 5.91 Å². The van der Waals surface area contributed by atoms with Crippen LogP contribution in [0.4, 0.5) is 0 Å². The van der Waals surface area contributed by atoms with Crippen molar-refractivity contribution in [2.24, 2.45) is 0 Å². The smallest absolute Gasteiger partial charge is 0.306 e. The van der Waals surface area contributed by atoms with Crippen molar-refractivity contribution in [1.29, 1.82) is 0 Å². The summed E-state index contributed by atoms with van der Waals surface area (Å²) in [4.78, 5) is 26.2. The summed E-state index contributed by atoms with van der Waals surface area (Å²) in [6.45, 7) is 6.31. The van der Waals surface area contributed by atoms with E-state index < -0.39 is 18.2 Å². The average Bonchev–Trinajstić information content (AvgIpc) is 3.32. The zero-order valence-corrected chi connectivity index (χ0v) is 43.5. The molecule has 0 saturated heterocycles. The van der Waals surface area contributed by atoms with Crippen LogP contribution in [0.15, 0.2) is 109 Å². The molecule has 0 aliphatic heterocycles. The van der Waals surface area contributed by atoms with E-state index in [-0.39, 0.29) is 24.9 Å². The third-order valence-corrected chi connectivity index (χ3v) is 11.8. The van der Waals surface area contributed by atoms with Crippen molar-refractivity contribution < 1.29 is 24.5 Å². The van der Waals surface area contributed by atoms with Gasteiger partial charge in [0.1, 0.15) is 6.10 Å². The molecule has 3 unspecified atom stereocenters. The molecule has 382 valence electrons. The number of unbranched alkanes of at least 4 members (excludes halogenated alkanes) is 18. The van der Waals surface area contributed by atoms with E-state index in [1.54, 1.807) is 0 Å². The minimum atomic E-state index is -0.819. The summed E-state index contributed by atoms with van der Waals surface area (Å²) in [6.07, 6.45) is 73.0. The third kappa shape index (κ3) is 48.8. The second kappa shape index (κ2) is 53.5. The zero-order valence-electron chi connectivity index (χ0n) is 43.5. The van der Waals surface area contributed by atoms with Crippen LogP contribution in [0.3, 0.4) is 0 Å². The molecular formula is C61H103NO5. The lowest BCUT2D eigenvalue weighted by Crippen LogP contribution is -2.46. The fourth-order valence-electron chi connectivity index (χ4n) is 7.69. The van der Waals surface area contributed by atoms with E-state index in [4.69, 9.17) is 4.74 Å². The number of carbonyl (C=O) groups is 2. The maximum absolute atomic E-state index is 13.2. The van der Waals surface area contributed by atoms with Gasteiger partial charge in [-0.15, -0.1) is 0 Å². The van der Waals surface area contributed by atoms with Gasteiger partial charge in [0, 0.05) is 6.42 Å². The van der Waals surface area contributed by atoms with Gasteiger partial charge in [-0.25, -0.2) is 0 Å². The number of hydrogen-bond acceptors (Lipinski definition) is 5. The Kier molecular flexibility index (Phi) is 50.7. The lowest BCUT2D eigenvalue weighted by Gasteiger charge is -2.24. The number of carbonyl (C=O) groups excluding carboxylic acids is 2. The first kappa shape index (κ1) is 63.5. The average molecular weight is 930 g/mol. The molecule has 0 aliphatic carbocycles. The molecule has 0 saturated carbocycles. The molecule has 1 amide bonds. The van der Waals surface area contributed by atoms with Crippen molar-refractivity contribution in [2.45, 2.75) is 257 Å². The van der Waals surface area contributed by atoms with Gasteiger partial charge in [0.25, 0.3) is 0 Å². The summed E-state index contributed by atoms with van der Waals surface area (Å²) < 4.78 is 5.89. The van der Waals surface area contributed by atoms with Crippen molar-refractivity contribution in [3.05, 3.63) is 109 Å². The number of hydrogen-bond donors (Lipinski definition) is 3. The van der Waals surface area contributed by atoms with Crippen LogP contribution in [0.2, 0.25) is 0 Å². The predicted octanol–water partition coefficient (Wildman–Crippen LogP) is 17.1. The normalized spacial score (nSPS) is 14.0. The number of allylic oxidation sites excluding steroid dienone is 18. The number of aliphatic hydroxyl groups excluding tert-OH is 2. The van der Waals surface area contributed by atoms with E-state index in [9.17, 15) is 19.8 Å². The second-order valence-corrected chi connectivity index (χ2v) is 18.2. The van der Waals surface area contributed by atoms with Crippen LogP contribution < -0.4 is 5.32 Å². The lowest BCUT2D eigenvalue weighted by molar-refractivity contribution is -0.151. The Morgan fingerprint density at radius 2 is 0.821 bits per heavy atom. The zero-order chi connectivity index (χ0) is 48.8. The van der Waals surface area contributed by atoms with E-state index >= 15 is 0 Å². The topological polar surface area (TPSA) is 95.9 Å². The van der Waals surface area contributed by atoms with E-state index in [1.807, 2.05) is 0 Å². The van der Waals surface area contributed by atoms with Gasteiger partial charge < -0.3 is 20.3 Å². The summed E-state index contributed by atoms with van der Waals surface area (Å²) in [5, 5.41) is 23.8. The summed E-state index contributed by atoms with van der Waals surface area (Å²) in [7, 11) is 0. The highest BCUT2D eigenvalue weighted by atomic mass is 16.5. The van der Waals surface area contributed by atoms with Crippen LogP contribution in [-0.4, -0.2) is 46.9 Å². The van der Waals surface area contributed by atoms with Gasteiger partial charge in [0.15, 0.2) is 0 Å². The molecule has 0 fully saturated rings. The first-order valence-corrected chi connectivity index (χ1v) is 27.6. The van der Waals surface area contributed by atoms with Crippen LogP contribution >= 0.6 is 0 Å². The maximum atomic E-state index is 13.2. The van der Waals surface area contributed by atoms with Crippen LogP contribution in [0.25, 0.3) is 0 Å². The molecule has 3 N–H and O–H groups in total. The number of rotatable bonds is 48. The molecule has 6 heteroatoms. The van der Waals surface area contributed by atoms with Gasteiger partial charge in [0.05, 0.1) is 25.2 Å². The van der Waals surface area contributed by atoms with E-state index in [0.717, 1.165) is 89.9 Å². The van der Waals surface area contributed by atoms with Crippen molar-refractivity contribution >= 4 is 11.9 Å². The Hall–Kier alpha value is -3.48. The van der Waals surface area contributed by atoms with Crippen molar-refractivity contribution in [3.8, 4) is 0 Å². The van der Waals surface area contributed by atoms with Gasteiger partial charge in [-0.05, 0) is 103 Å². The minimum Gasteiger partial charge on any atom is -0.462 e. The summed E-state index contributed by atoms with van der Waals surface area (Å²) in [5.41, 5.74) is 0. The molecule has 3 atom stereocenters. The Balaban J connectivity index is 4.79. The second-order valence-electron chi connectivity index (χ2n) is 18.2. The molecule has 0 bridgehead atoms. The van der Waals surface area contributed by atoms with E-state index in [1.165, 1.54) is 96.3 Å². The molecule has 0 heterocycles. The summed E-state index contributed by atoms with van der Waals surface area (Å²) in [6, 6.07) is -0.738. The lowest BCUT2D eigenvalue weighted by atomic mass is 10.0. The summed E-state index contributed by atoms with van der Waals surface area (Å²) in [5.74, 6) is -0.604. The maximum Gasteiger partial charge on any atom is 0.306 e. The highest BCUT2D eigenvalue weighted by Crippen LogP contribution is 2.16. The molecule has 0 radical (unpaired) electrons. The molecule has 0 spiro atoms. The molecule has 0 aromatic carbocycles. The highest BCUT2D eigenvalue weighted by Gasteiger charge is 2.24. The highest BCUT2D eigenvalue weighted by molar-refractivity contribution is 5.77. The van der Waals surface area contributed by atoms with Crippen LogP contribution in [0.1, 0.15) is 239 Å². The first-order chi connectivity index (χ1) is 33.0. The third-order valence-electron chi connectivity index (χ3n) is 11.8.